The summed E-state index contributed by atoms with van der Waals surface area (Å²) in [6.45, 7) is 7.15. The number of hydrogen-bond donors (Lipinski definition) is 0. The number of likely N-dealkylation sites (tertiary alicyclic amines) is 1. The summed E-state index contributed by atoms with van der Waals surface area (Å²) in [6.07, 6.45) is 2.68. The largest absolute Gasteiger partial charge is 0.496 e. The second kappa shape index (κ2) is 8.78. The number of rotatable bonds is 5. The monoisotopic (exact) mass is 453 g/mol. The van der Waals surface area contributed by atoms with Crippen molar-refractivity contribution in [3.05, 3.63) is 41.2 Å². The molecule has 3 heterocycles. The Balaban J connectivity index is 1.11. The Kier molecular flexibility index (Phi) is 5.82. The van der Waals surface area contributed by atoms with Gasteiger partial charge >= 0.3 is 0 Å². The van der Waals surface area contributed by atoms with Crippen molar-refractivity contribution in [3.8, 4) is 5.75 Å². The van der Waals surface area contributed by atoms with Gasteiger partial charge < -0.3 is 14.5 Å². The van der Waals surface area contributed by atoms with Gasteiger partial charge in [0.15, 0.2) is 5.69 Å². The number of piperidine rings is 1. The fourth-order valence-corrected chi connectivity index (χ4v) is 5.40. The third-order valence-corrected chi connectivity index (χ3v) is 7.66. The normalized spacial score (nSPS) is 22.4. The first-order valence-corrected chi connectivity index (χ1v) is 11.7. The van der Waals surface area contributed by atoms with Crippen molar-refractivity contribution < 1.29 is 19.0 Å². The highest BCUT2D eigenvalue weighted by atomic mass is 16.6. The van der Waals surface area contributed by atoms with Gasteiger partial charge in [0, 0.05) is 57.3 Å². The number of aryl methyl sites for hydroxylation is 1. The Hall–Kier alpha value is -2.94. The molecule has 0 unspecified atom stereocenters. The third-order valence-electron chi connectivity index (χ3n) is 7.66. The smallest absolute Gasteiger partial charge is 0.278 e. The van der Waals surface area contributed by atoms with Crippen molar-refractivity contribution in [2.24, 2.45) is 11.3 Å². The predicted octanol–water partition coefficient (Wildman–Crippen LogP) is 1.97. The van der Waals surface area contributed by atoms with E-state index in [0.29, 0.717) is 30.4 Å². The summed E-state index contributed by atoms with van der Waals surface area (Å²) in [6, 6.07) is 8.11. The maximum atomic E-state index is 13.2. The molecule has 9 heteroatoms. The Morgan fingerprint density at radius 1 is 1.06 bits per heavy atom. The van der Waals surface area contributed by atoms with Crippen LogP contribution in [-0.2, 0) is 11.3 Å². The number of benzene rings is 1. The fraction of sp³-hybridized carbons (Fsp3) is 0.583. The number of carbonyl (C=O) groups excluding carboxylic acids is 2. The molecule has 3 fully saturated rings. The highest BCUT2D eigenvalue weighted by Gasteiger charge is 2.59. The zero-order valence-corrected chi connectivity index (χ0v) is 19.3. The molecule has 9 nitrogen and oxygen atoms in total. The molecule has 0 bridgehead atoms. The van der Waals surface area contributed by atoms with Crippen LogP contribution in [-0.4, -0.2) is 83.2 Å². The molecule has 5 rings (SSSR count). The lowest BCUT2D eigenvalue weighted by Gasteiger charge is -2.36. The molecule has 1 spiro atoms. The van der Waals surface area contributed by atoms with Gasteiger partial charge in [-0.15, -0.1) is 0 Å². The molecule has 0 radical (unpaired) electrons. The first-order chi connectivity index (χ1) is 16.0. The van der Waals surface area contributed by atoms with Crippen LogP contribution in [0.4, 0.5) is 0 Å². The first kappa shape index (κ1) is 21.9. The van der Waals surface area contributed by atoms with E-state index >= 15 is 0 Å². The Morgan fingerprint density at radius 2 is 1.79 bits per heavy atom. The summed E-state index contributed by atoms with van der Waals surface area (Å²) >= 11 is 0. The lowest BCUT2D eigenvalue weighted by atomic mass is 9.90. The van der Waals surface area contributed by atoms with E-state index in [4.69, 9.17) is 4.74 Å². The maximum Gasteiger partial charge on any atom is 0.278 e. The van der Waals surface area contributed by atoms with Gasteiger partial charge in [0.1, 0.15) is 11.4 Å². The topological polar surface area (TPSA) is 92.0 Å². The molecular formula is C24H31N5O4. The zero-order chi connectivity index (χ0) is 23.0. The van der Waals surface area contributed by atoms with Crippen LogP contribution in [0.25, 0.3) is 0 Å². The van der Waals surface area contributed by atoms with Crippen molar-refractivity contribution in [2.45, 2.75) is 32.7 Å². The van der Waals surface area contributed by atoms with Crippen molar-refractivity contribution in [3.63, 3.8) is 0 Å². The zero-order valence-electron chi connectivity index (χ0n) is 19.3. The first-order valence-electron chi connectivity index (χ1n) is 11.7. The van der Waals surface area contributed by atoms with Gasteiger partial charge in [-0.05, 0) is 42.8 Å². The lowest BCUT2D eigenvalue weighted by molar-refractivity contribution is -0.135. The molecule has 0 N–H and O–H groups in total. The molecule has 176 valence electrons. The van der Waals surface area contributed by atoms with E-state index in [9.17, 15) is 9.59 Å². The summed E-state index contributed by atoms with van der Waals surface area (Å²) < 4.78 is 10.1. The Bertz CT molecular complexity index is 1020. The number of hydrogen-bond acceptors (Lipinski definition) is 7. The number of aromatic nitrogens is 2. The average molecular weight is 454 g/mol. The van der Waals surface area contributed by atoms with E-state index in [1.165, 1.54) is 5.56 Å². The van der Waals surface area contributed by atoms with E-state index in [2.05, 4.69) is 25.9 Å². The fourth-order valence-electron chi connectivity index (χ4n) is 5.40. The lowest BCUT2D eigenvalue weighted by Crippen LogP contribution is -2.49. The van der Waals surface area contributed by atoms with Gasteiger partial charge in [-0.1, -0.05) is 23.4 Å². The second-order valence-electron chi connectivity index (χ2n) is 9.52. The van der Waals surface area contributed by atoms with Gasteiger partial charge in [-0.2, -0.15) is 0 Å². The van der Waals surface area contributed by atoms with Crippen LogP contribution in [0, 0.1) is 18.3 Å². The van der Waals surface area contributed by atoms with Crippen LogP contribution < -0.4 is 4.74 Å². The summed E-state index contributed by atoms with van der Waals surface area (Å²) in [5, 5.41) is 7.44. The number of ether oxygens (including phenoxy) is 1. The standard InChI is InChI=1S/C24H31N5O4/c1-17-21(26-33-25-17)23(31)28-9-7-24(8-10-28)15-19(24)22(30)29-13-11-27(12-14-29)16-18-5-3-4-6-20(18)32-2/h3-6,19H,7-16H2,1-2H3/t19-/m1/s1. The average Bonchev–Trinajstić information content (AvgIpc) is 3.36. The number of nitrogens with zero attached hydrogens (tertiary/aromatic N) is 5. The van der Waals surface area contributed by atoms with E-state index in [-0.39, 0.29) is 17.2 Å². The summed E-state index contributed by atoms with van der Waals surface area (Å²) in [4.78, 5) is 32.1. The van der Waals surface area contributed by atoms with Crippen molar-refractivity contribution in [1.82, 2.24) is 25.0 Å². The third kappa shape index (κ3) is 4.21. The van der Waals surface area contributed by atoms with Crippen molar-refractivity contribution >= 4 is 11.8 Å². The second-order valence-corrected chi connectivity index (χ2v) is 9.52. The molecule has 1 aliphatic carbocycles. The van der Waals surface area contributed by atoms with Crippen LogP contribution in [0.2, 0.25) is 0 Å². The summed E-state index contributed by atoms with van der Waals surface area (Å²) in [7, 11) is 1.70. The van der Waals surface area contributed by atoms with Crippen LogP contribution in [0.15, 0.2) is 28.9 Å². The maximum absolute atomic E-state index is 13.2. The molecule has 1 aromatic carbocycles. The van der Waals surface area contributed by atoms with Gasteiger partial charge in [-0.25, -0.2) is 4.63 Å². The minimum absolute atomic E-state index is 0.0690. The molecule has 2 saturated heterocycles. The molecule has 1 saturated carbocycles. The van der Waals surface area contributed by atoms with E-state index in [0.717, 1.165) is 57.7 Å². The number of carbonyl (C=O) groups is 2. The van der Waals surface area contributed by atoms with Crippen molar-refractivity contribution in [1.29, 1.82) is 0 Å². The van der Waals surface area contributed by atoms with Crippen LogP contribution in [0.3, 0.4) is 0 Å². The summed E-state index contributed by atoms with van der Waals surface area (Å²) in [5.41, 5.74) is 2.06. The van der Waals surface area contributed by atoms with Gasteiger partial charge in [-0.3, -0.25) is 14.5 Å². The van der Waals surface area contributed by atoms with E-state index in [1.54, 1.807) is 14.0 Å². The molecule has 2 aromatic rings. The Morgan fingerprint density at radius 3 is 2.45 bits per heavy atom. The minimum atomic E-state index is -0.127. The molecule has 3 aliphatic rings. The van der Waals surface area contributed by atoms with Gasteiger partial charge in [0.2, 0.25) is 5.91 Å². The number of piperazine rings is 1. The molecule has 2 amide bonds. The molecule has 1 aromatic heterocycles. The molecular weight excluding hydrogens is 422 g/mol. The molecule has 2 aliphatic heterocycles. The van der Waals surface area contributed by atoms with Gasteiger partial charge in [0.25, 0.3) is 5.91 Å². The van der Waals surface area contributed by atoms with Crippen LogP contribution in [0.5, 0.6) is 5.75 Å². The van der Waals surface area contributed by atoms with E-state index < -0.39 is 0 Å². The molecule has 33 heavy (non-hydrogen) atoms. The number of para-hydroxylation sites is 1. The van der Waals surface area contributed by atoms with Crippen LogP contribution in [0.1, 0.15) is 41.0 Å². The number of methoxy groups -OCH3 is 1. The summed E-state index contributed by atoms with van der Waals surface area (Å²) in [5.74, 6) is 1.18. The SMILES string of the molecule is COc1ccccc1CN1CCN(C(=O)[C@H]2CC23CCN(C(=O)c2nonc2C)CC3)CC1. The predicted molar refractivity (Wildman–Crippen MR) is 120 cm³/mol. The highest BCUT2D eigenvalue weighted by molar-refractivity contribution is 5.93. The highest BCUT2D eigenvalue weighted by Crippen LogP contribution is 2.60. The van der Waals surface area contributed by atoms with E-state index in [1.807, 2.05) is 28.0 Å². The van der Waals surface area contributed by atoms with Crippen molar-refractivity contribution in [2.75, 3.05) is 46.4 Å². The van der Waals surface area contributed by atoms with Gasteiger partial charge in [0.05, 0.1) is 7.11 Å². The number of amides is 2. The van der Waals surface area contributed by atoms with Crippen LogP contribution >= 0.6 is 0 Å². The molecule has 1 atom stereocenters. The Labute approximate surface area is 193 Å². The quantitative estimate of drug-likeness (QED) is 0.683. The minimum Gasteiger partial charge on any atom is -0.496 e.